The number of alkyl halides is 2. The number of hydrogen-bond acceptors (Lipinski definition) is 3. The predicted molar refractivity (Wildman–Crippen MR) is 95.2 cm³/mol. The van der Waals surface area contributed by atoms with Crippen LogP contribution in [0.15, 0.2) is 24.3 Å². The van der Waals surface area contributed by atoms with Gasteiger partial charge >= 0.3 is 6.61 Å². The topological polar surface area (TPSA) is 56.2 Å². The van der Waals surface area contributed by atoms with Crippen LogP contribution in [0.5, 0.6) is 5.75 Å². The first-order valence-electron chi connectivity index (χ1n) is 8.59. The number of nitrogens with zero attached hydrogens (tertiary/aromatic N) is 2. The van der Waals surface area contributed by atoms with E-state index in [0.29, 0.717) is 12.5 Å². The van der Waals surface area contributed by atoms with Gasteiger partial charge < -0.3 is 10.1 Å². The maximum absolute atomic E-state index is 12.3. The van der Waals surface area contributed by atoms with E-state index >= 15 is 0 Å². The summed E-state index contributed by atoms with van der Waals surface area (Å²) in [6.45, 7) is 6.44. The van der Waals surface area contributed by atoms with Crippen LogP contribution in [0.2, 0.25) is 0 Å². The summed E-state index contributed by atoms with van der Waals surface area (Å²) in [6.07, 6.45) is 0.266. The van der Waals surface area contributed by atoms with Gasteiger partial charge in [-0.05, 0) is 37.5 Å². The highest BCUT2D eigenvalue weighted by Gasteiger charge is 2.15. The van der Waals surface area contributed by atoms with Gasteiger partial charge in [0.25, 0.3) is 0 Å². The molecule has 1 N–H and O–H groups in total. The zero-order valence-electron chi connectivity index (χ0n) is 15.6. The summed E-state index contributed by atoms with van der Waals surface area (Å²) in [7, 11) is 0. The molecule has 0 aliphatic rings. The van der Waals surface area contributed by atoms with Crippen molar-refractivity contribution >= 4 is 5.91 Å². The molecule has 1 aromatic carbocycles. The molecule has 2 rings (SSSR count). The number of amides is 1. The Labute approximate surface area is 152 Å². The summed E-state index contributed by atoms with van der Waals surface area (Å²) >= 11 is 0. The molecule has 0 aliphatic heterocycles. The second-order valence-corrected chi connectivity index (χ2v) is 6.70. The van der Waals surface area contributed by atoms with Crippen molar-refractivity contribution in [2.75, 3.05) is 0 Å². The highest BCUT2D eigenvalue weighted by Crippen LogP contribution is 2.16. The number of benzene rings is 1. The van der Waals surface area contributed by atoms with E-state index in [-0.39, 0.29) is 18.1 Å². The number of rotatable bonds is 8. The molecule has 1 amide bonds. The SMILES string of the molecule is Cc1nn(CC(C)C)c(C)c1CC(=O)NCc1ccc(OC(F)F)cc1. The number of carbonyl (C=O) groups excluding carboxylic acids is 1. The maximum Gasteiger partial charge on any atom is 0.387 e. The largest absolute Gasteiger partial charge is 0.435 e. The van der Waals surface area contributed by atoms with Crippen LogP contribution < -0.4 is 10.1 Å². The summed E-state index contributed by atoms with van der Waals surface area (Å²) < 4.78 is 30.5. The molecule has 0 spiro atoms. The quantitative estimate of drug-likeness (QED) is 0.777. The van der Waals surface area contributed by atoms with E-state index in [2.05, 4.69) is 29.0 Å². The molecule has 0 atom stereocenters. The van der Waals surface area contributed by atoms with Gasteiger partial charge in [-0.25, -0.2) is 0 Å². The van der Waals surface area contributed by atoms with Gasteiger partial charge in [-0.3, -0.25) is 9.48 Å². The average molecular weight is 365 g/mol. The fraction of sp³-hybridized carbons (Fsp3) is 0.474. The molecule has 0 radical (unpaired) electrons. The van der Waals surface area contributed by atoms with Gasteiger partial charge in [-0.15, -0.1) is 0 Å². The molecule has 0 saturated heterocycles. The first-order valence-corrected chi connectivity index (χ1v) is 8.59. The second-order valence-electron chi connectivity index (χ2n) is 6.70. The van der Waals surface area contributed by atoms with Crippen molar-refractivity contribution in [3.8, 4) is 5.75 Å². The first-order chi connectivity index (χ1) is 12.3. The van der Waals surface area contributed by atoms with Crippen LogP contribution >= 0.6 is 0 Å². The van der Waals surface area contributed by atoms with E-state index in [1.807, 2.05) is 18.5 Å². The molecule has 0 aliphatic carbocycles. The number of halogens is 2. The molecule has 7 heteroatoms. The minimum absolute atomic E-state index is 0.0962. The van der Waals surface area contributed by atoms with Gasteiger partial charge in [0, 0.05) is 24.3 Å². The standard InChI is InChI=1S/C19H25F2N3O2/c1-12(2)11-24-14(4)17(13(3)23-24)9-18(25)22-10-15-5-7-16(8-6-15)26-19(20)21/h5-8,12,19H,9-11H2,1-4H3,(H,22,25). The Balaban J connectivity index is 1.92. The molecule has 1 aromatic heterocycles. The van der Waals surface area contributed by atoms with Gasteiger partial charge in [0.2, 0.25) is 5.91 Å². The Hall–Kier alpha value is -2.44. The third kappa shape index (κ3) is 5.54. The van der Waals surface area contributed by atoms with E-state index in [1.54, 1.807) is 12.1 Å². The Kier molecular flexibility index (Phi) is 6.71. The molecule has 0 bridgehead atoms. The Morgan fingerprint density at radius 2 is 1.88 bits per heavy atom. The number of aryl methyl sites for hydroxylation is 1. The molecule has 142 valence electrons. The van der Waals surface area contributed by atoms with Crippen molar-refractivity contribution in [1.29, 1.82) is 0 Å². The van der Waals surface area contributed by atoms with Gasteiger partial charge in [0.05, 0.1) is 12.1 Å². The number of nitrogens with one attached hydrogen (secondary N) is 1. The lowest BCUT2D eigenvalue weighted by Gasteiger charge is -2.09. The van der Waals surface area contributed by atoms with Crippen molar-refractivity contribution in [2.45, 2.75) is 53.8 Å². The van der Waals surface area contributed by atoms with E-state index in [0.717, 1.165) is 29.1 Å². The molecular weight excluding hydrogens is 340 g/mol. The smallest absolute Gasteiger partial charge is 0.387 e. The van der Waals surface area contributed by atoms with E-state index in [4.69, 9.17) is 0 Å². The normalized spacial score (nSPS) is 11.2. The lowest BCUT2D eigenvalue weighted by molar-refractivity contribution is -0.120. The summed E-state index contributed by atoms with van der Waals surface area (Å²) in [4.78, 5) is 12.3. The molecular formula is C19H25F2N3O2. The minimum Gasteiger partial charge on any atom is -0.435 e. The van der Waals surface area contributed by atoms with Crippen molar-refractivity contribution in [1.82, 2.24) is 15.1 Å². The Morgan fingerprint density at radius 1 is 1.23 bits per heavy atom. The molecule has 0 fully saturated rings. The summed E-state index contributed by atoms with van der Waals surface area (Å²) in [5.41, 5.74) is 3.64. The van der Waals surface area contributed by atoms with E-state index < -0.39 is 6.61 Å². The van der Waals surface area contributed by atoms with Crippen LogP contribution in [0, 0.1) is 19.8 Å². The third-order valence-corrected chi connectivity index (χ3v) is 4.04. The average Bonchev–Trinajstić information content (AvgIpc) is 2.80. The van der Waals surface area contributed by atoms with Gasteiger partial charge in [0.1, 0.15) is 5.75 Å². The molecule has 0 unspecified atom stereocenters. The third-order valence-electron chi connectivity index (χ3n) is 4.04. The monoisotopic (exact) mass is 365 g/mol. The second kappa shape index (κ2) is 8.78. The minimum atomic E-state index is -2.84. The van der Waals surface area contributed by atoms with E-state index in [1.165, 1.54) is 12.1 Å². The number of carbonyl (C=O) groups is 1. The molecule has 1 heterocycles. The fourth-order valence-corrected chi connectivity index (χ4v) is 2.73. The van der Waals surface area contributed by atoms with Crippen LogP contribution in [0.1, 0.15) is 36.4 Å². The Morgan fingerprint density at radius 3 is 2.46 bits per heavy atom. The Bertz CT molecular complexity index is 740. The van der Waals surface area contributed by atoms with Gasteiger partial charge in [-0.1, -0.05) is 26.0 Å². The van der Waals surface area contributed by atoms with Crippen molar-refractivity contribution < 1.29 is 18.3 Å². The molecule has 2 aromatic rings. The lowest BCUT2D eigenvalue weighted by Crippen LogP contribution is -2.25. The molecule has 26 heavy (non-hydrogen) atoms. The van der Waals surface area contributed by atoms with Crippen LogP contribution in [0.3, 0.4) is 0 Å². The number of aromatic nitrogens is 2. The molecule has 5 nitrogen and oxygen atoms in total. The van der Waals surface area contributed by atoms with Gasteiger partial charge in [-0.2, -0.15) is 13.9 Å². The lowest BCUT2D eigenvalue weighted by atomic mass is 10.1. The highest BCUT2D eigenvalue weighted by atomic mass is 19.3. The van der Waals surface area contributed by atoms with Crippen LogP contribution in [-0.2, 0) is 24.3 Å². The van der Waals surface area contributed by atoms with Crippen LogP contribution in [0.4, 0.5) is 8.78 Å². The summed E-state index contributed by atoms with van der Waals surface area (Å²) in [5, 5.41) is 7.36. The zero-order chi connectivity index (χ0) is 19.3. The van der Waals surface area contributed by atoms with Crippen molar-refractivity contribution in [2.24, 2.45) is 5.92 Å². The number of hydrogen-bond donors (Lipinski definition) is 1. The highest BCUT2D eigenvalue weighted by molar-refractivity contribution is 5.79. The number of ether oxygens (including phenoxy) is 1. The molecule has 0 saturated carbocycles. The van der Waals surface area contributed by atoms with E-state index in [9.17, 15) is 13.6 Å². The van der Waals surface area contributed by atoms with Gasteiger partial charge in [0.15, 0.2) is 0 Å². The van der Waals surface area contributed by atoms with Crippen LogP contribution in [0.25, 0.3) is 0 Å². The predicted octanol–water partition coefficient (Wildman–Crippen LogP) is 3.62. The van der Waals surface area contributed by atoms with Crippen LogP contribution in [-0.4, -0.2) is 22.3 Å². The summed E-state index contributed by atoms with van der Waals surface area (Å²) in [5.74, 6) is 0.471. The first kappa shape index (κ1) is 19.9. The summed E-state index contributed by atoms with van der Waals surface area (Å²) in [6, 6.07) is 6.21. The fourth-order valence-electron chi connectivity index (χ4n) is 2.73. The van der Waals surface area contributed by atoms with Crippen molar-refractivity contribution in [3.63, 3.8) is 0 Å². The maximum atomic E-state index is 12.3. The van der Waals surface area contributed by atoms with Crippen molar-refractivity contribution in [3.05, 3.63) is 46.8 Å². The zero-order valence-corrected chi connectivity index (χ0v) is 15.6.